The summed E-state index contributed by atoms with van der Waals surface area (Å²) in [7, 11) is 2.00. The van der Waals surface area contributed by atoms with Crippen LogP contribution in [0, 0.1) is 0 Å². The summed E-state index contributed by atoms with van der Waals surface area (Å²) in [5, 5.41) is 6.25. The standard InChI is InChI=1S/C27H30N4O3/c1-31-24-21(29-25(31)16-8-4-9-16)14-19(15-22(24)30-27(33)23-10-5-11-34-23)26(32)28-20-12-17-6-2-3-7-18(17)13-20/h2-3,6-7,14-16,20,23H,4-5,8-13H2,1H3,(H,28,32)(H,30,33)/t23-/m1/s1. The lowest BCUT2D eigenvalue weighted by molar-refractivity contribution is -0.124. The maximum atomic E-state index is 13.3. The molecular formula is C27H30N4O3. The Balaban J connectivity index is 1.31. The second-order valence-corrected chi connectivity index (χ2v) is 9.89. The molecule has 2 aliphatic carbocycles. The number of ether oxygens (including phenoxy) is 1. The molecule has 1 atom stereocenters. The van der Waals surface area contributed by atoms with Crippen molar-refractivity contribution in [2.75, 3.05) is 11.9 Å². The van der Waals surface area contributed by atoms with Crippen LogP contribution in [0.5, 0.6) is 0 Å². The van der Waals surface area contributed by atoms with Crippen LogP contribution in [0.4, 0.5) is 5.69 Å². The number of fused-ring (bicyclic) bond motifs is 2. The quantitative estimate of drug-likeness (QED) is 0.608. The van der Waals surface area contributed by atoms with Crippen LogP contribution < -0.4 is 10.6 Å². The second kappa shape index (κ2) is 8.55. The van der Waals surface area contributed by atoms with E-state index in [9.17, 15) is 9.59 Å². The fraction of sp³-hybridized carbons (Fsp3) is 0.444. The van der Waals surface area contributed by atoms with E-state index in [4.69, 9.17) is 9.72 Å². The lowest BCUT2D eigenvalue weighted by atomic mass is 9.85. The van der Waals surface area contributed by atoms with Crippen molar-refractivity contribution in [3.8, 4) is 0 Å². The third-order valence-electron chi connectivity index (χ3n) is 7.60. The van der Waals surface area contributed by atoms with Crippen molar-refractivity contribution in [2.45, 2.75) is 63.0 Å². The van der Waals surface area contributed by atoms with Crippen LogP contribution in [-0.4, -0.2) is 40.1 Å². The molecule has 1 saturated heterocycles. The van der Waals surface area contributed by atoms with Gasteiger partial charge in [0.2, 0.25) is 0 Å². The molecule has 3 aromatic rings. The lowest BCUT2D eigenvalue weighted by Crippen LogP contribution is -2.35. The summed E-state index contributed by atoms with van der Waals surface area (Å²) < 4.78 is 7.67. The number of nitrogens with zero attached hydrogens (tertiary/aromatic N) is 2. The van der Waals surface area contributed by atoms with E-state index >= 15 is 0 Å². The zero-order valence-electron chi connectivity index (χ0n) is 19.5. The van der Waals surface area contributed by atoms with Crippen molar-refractivity contribution < 1.29 is 14.3 Å². The predicted octanol–water partition coefficient (Wildman–Crippen LogP) is 3.86. The molecule has 2 aromatic carbocycles. The Labute approximate surface area is 198 Å². The molecule has 7 nitrogen and oxygen atoms in total. The van der Waals surface area contributed by atoms with Gasteiger partial charge in [-0.1, -0.05) is 30.7 Å². The molecule has 1 saturated carbocycles. The van der Waals surface area contributed by atoms with E-state index in [2.05, 4.69) is 27.3 Å². The van der Waals surface area contributed by atoms with Crippen LogP contribution in [0.25, 0.3) is 11.0 Å². The molecule has 0 spiro atoms. The highest BCUT2D eigenvalue weighted by Crippen LogP contribution is 2.38. The molecule has 0 bridgehead atoms. The van der Waals surface area contributed by atoms with Crippen LogP contribution in [0.3, 0.4) is 0 Å². The number of hydrogen-bond donors (Lipinski definition) is 2. The fourth-order valence-electron chi connectivity index (χ4n) is 5.56. The number of benzene rings is 2. The van der Waals surface area contributed by atoms with Crippen LogP contribution in [0.15, 0.2) is 36.4 Å². The van der Waals surface area contributed by atoms with Gasteiger partial charge in [0.15, 0.2) is 0 Å². The Morgan fingerprint density at radius 3 is 2.47 bits per heavy atom. The van der Waals surface area contributed by atoms with Crippen molar-refractivity contribution in [2.24, 2.45) is 7.05 Å². The number of amides is 2. The summed E-state index contributed by atoms with van der Waals surface area (Å²) in [6.07, 6.45) is 6.31. The zero-order valence-corrected chi connectivity index (χ0v) is 19.5. The summed E-state index contributed by atoms with van der Waals surface area (Å²) in [6.45, 7) is 0.608. The van der Waals surface area contributed by atoms with Gasteiger partial charge in [-0.25, -0.2) is 4.98 Å². The number of anilines is 1. The summed E-state index contributed by atoms with van der Waals surface area (Å²) in [6, 6.07) is 12.1. The topological polar surface area (TPSA) is 85.3 Å². The molecule has 2 amide bonds. The molecule has 2 heterocycles. The van der Waals surface area contributed by atoms with Gasteiger partial charge in [-0.3, -0.25) is 9.59 Å². The molecule has 0 unspecified atom stereocenters. The minimum absolute atomic E-state index is 0.0693. The van der Waals surface area contributed by atoms with E-state index in [-0.39, 0.29) is 17.9 Å². The average Bonchev–Trinajstić information content (AvgIpc) is 3.52. The third kappa shape index (κ3) is 3.78. The van der Waals surface area contributed by atoms with Gasteiger partial charge < -0.3 is 19.9 Å². The Morgan fingerprint density at radius 1 is 1.06 bits per heavy atom. The average molecular weight is 459 g/mol. The number of hydrogen-bond acceptors (Lipinski definition) is 4. The predicted molar refractivity (Wildman–Crippen MR) is 130 cm³/mol. The molecule has 176 valence electrons. The SMILES string of the molecule is Cn1c(C2CCC2)nc2cc(C(=O)NC3Cc4ccccc4C3)cc(NC(=O)[C@H]3CCCO3)c21. The number of imidazole rings is 1. The zero-order chi connectivity index (χ0) is 23.2. The summed E-state index contributed by atoms with van der Waals surface area (Å²) >= 11 is 0. The van der Waals surface area contributed by atoms with Gasteiger partial charge >= 0.3 is 0 Å². The number of carbonyl (C=O) groups excluding carboxylic acids is 2. The fourth-order valence-corrected chi connectivity index (χ4v) is 5.56. The van der Waals surface area contributed by atoms with Crippen molar-refractivity contribution in [3.63, 3.8) is 0 Å². The van der Waals surface area contributed by atoms with Gasteiger partial charge in [0.05, 0.1) is 16.7 Å². The number of carbonyl (C=O) groups is 2. The lowest BCUT2D eigenvalue weighted by Gasteiger charge is -2.24. The van der Waals surface area contributed by atoms with E-state index < -0.39 is 6.10 Å². The van der Waals surface area contributed by atoms with Crippen LogP contribution in [0.1, 0.15) is 65.3 Å². The van der Waals surface area contributed by atoms with Gasteiger partial charge in [0.25, 0.3) is 11.8 Å². The van der Waals surface area contributed by atoms with Crippen molar-refractivity contribution in [1.82, 2.24) is 14.9 Å². The molecule has 2 N–H and O–H groups in total. The summed E-state index contributed by atoms with van der Waals surface area (Å²) in [5.74, 6) is 1.17. The summed E-state index contributed by atoms with van der Waals surface area (Å²) in [4.78, 5) is 31.1. The Bertz CT molecular complexity index is 1250. The Hall–Kier alpha value is -3.19. The van der Waals surface area contributed by atoms with Gasteiger partial charge in [0, 0.05) is 31.2 Å². The van der Waals surface area contributed by atoms with E-state index in [1.165, 1.54) is 17.5 Å². The van der Waals surface area contributed by atoms with E-state index in [1.807, 2.05) is 25.2 Å². The van der Waals surface area contributed by atoms with Crippen LogP contribution in [0.2, 0.25) is 0 Å². The van der Waals surface area contributed by atoms with Crippen LogP contribution in [-0.2, 0) is 29.4 Å². The molecule has 1 aromatic heterocycles. The van der Waals surface area contributed by atoms with E-state index in [1.54, 1.807) is 6.07 Å². The number of aryl methyl sites for hydroxylation is 1. The molecular weight excluding hydrogens is 428 g/mol. The van der Waals surface area contributed by atoms with Gasteiger partial charge in [-0.15, -0.1) is 0 Å². The van der Waals surface area contributed by atoms with Gasteiger partial charge in [-0.05, 0) is 61.8 Å². The molecule has 0 radical (unpaired) electrons. The van der Waals surface area contributed by atoms with Gasteiger partial charge in [0.1, 0.15) is 11.9 Å². The van der Waals surface area contributed by atoms with Crippen LogP contribution >= 0.6 is 0 Å². The van der Waals surface area contributed by atoms with E-state index in [0.717, 1.165) is 55.4 Å². The monoisotopic (exact) mass is 458 g/mol. The smallest absolute Gasteiger partial charge is 0.253 e. The Kier molecular flexibility index (Phi) is 5.37. The first kappa shape index (κ1) is 21.4. The highest BCUT2D eigenvalue weighted by Gasteiger charge is 2.29. The maximum Gasteiger partial charge on any atom is 0.253 e. The van der Waals surface area contributed by atoms with Gasteiger partial charge in [-0.2, -0.15) is 0 Å². The number of aromatic nitrogens is 2. The molecule has 7 heteroatoms. The Morgan fingerprint density at radius 2 is 1.82 bits per heavy atom. The van der Waals surface area contributed by atoms with Crippen molar-refractivity contribution >= 4 is 28.5 Å². The highest BCUT2D eigenvalue weighted by molar-refractivity contribution is 6.06. The molecule has 6 rings (SSSR count). The van der Waals surface area contributed by atoms with Crippen molar-refractivity contribution in [3.05, 3.63) is 58.9 Å². The number of rotatable bonds is 5. The minimum atomic E-state index is -0.441. The summed E-state index contributed by atoms with van der Waals surface area (Å²) in [5.41, 5.74) is 5.33. The van der Waals surface area contributed by atoms with E-state index in [0.29, 0.717) is 23.8 Å². The van der Waals surface area contributed by atoms with Crippen molar-refractivity contribution in [1.29, 1.82) is 0 Å². The largest absolute Gasteiger partial charge is 0.368 e. The molecule has 34 heavy (non-hydrogen) atoms. The second-order valence-electron chi connectivity index (χ2n) is 9.89. The first-order chi connectivity index (χ1) is 16.6. The first-order valence-corrected chi connectivity index (χ1v) is 12.4. The molecule has 2 fully saturated rings. The third-order valence-corrected chi connectivity index (χ3v) is 7.60. The normalized spacial score (nSPS) is 20.3. The number of nitrogens with one attached hydrogen (secondary N) is 2. The molecule has 1 aliphatic heterocycles. The maximum absolute atomic E-state index is 13.3. The molecule has 3 aliphatic rings. The highest BCUT2D eigenvalue weighted by atomic mass is 16.5. The first-order valence-electron chi connectivity index (χ1n) is 12.4. The minimum Gasteiger partial charge on any atom is -0.368 e.